The lowest BCUT2D eigenvalue weighted by molar-refractivity contribution is 0.415. The molecule has 0 bridgehead atoms. The van der Waals surface area contributed by atoms with E-state index in [1.807, 2.05) is 0 Å². The summed E-state index contributed by atoms with van der Waals surface area (Å²) >= 11 is 0. The van der Waals surface area contributed by atoms with E-state index in [2.05, 4.69) is 11.2 Å². The van der Waals surface area contributed by atoms with E-state index in [-0.39, 0.29) is 0 Å². The molecule has 0 amide bonds. The molecule has 0 fully saturated rings. The third kappa shape index (κ3) is 3.76. The smallest absolute Gasteiger partial charge is 0.283 e. The van der Waals surface area contributed by atoms with E-state index in [0.717, 1.165) is 0 Å². The van der Waals surface area contributed by atoms with E-state index in [4.69, 9.17) is 4.74 Å². The minimum atomic E-state index is -3.50. The van der Waals surface area contributed by atoms with Gasteiger partial charge in [0.05, 0.1) is 7.11 Å². The van der Waals surface area contributed by atoms with Gasteiger partial charge in [0.1, 0.15) is 5.75 Å². The monoisotopic (exact) mass is 267 g/mol. The average Bonchev–Trinajstić information content (AvgIpc) is 2.38. The molecule has 5 heteroatoms. The van der Waals surface area contributed by atoms with Crippen LogP contribution < -0.4 is 4.74 Å². The average molecular weight is 267 g/mol. The van der Waals surface area contributed by atoms with Crippen LogP contribution in [-0.4, -0.2) is 32.9 Å². The third-order valence-electron chi connectivity index (χ3n) is 2.46. The van der Waals surface area contributed by atoms with Crippen LogP contribution in [0.3, 0.4) is 0 Å². The fourth-order valence-electron chi connectivity index (χ4n) is 1.43. The van der Waals surface area contributed by atoms with Gasteiger partial charge in [0.15, 0.2) is 0 Å². The van der Waals surface area contributed by atoms with Gasteiger partial charge >= 0.3 is 0 Å². The second-order valence-electron chi connectivity index (χ2n) is 3.54. The van der Waals surface area contributed by atoms with Crippen molar-refractivity contribution in [1.82, 2.24) is 4.31 Å². The van der Waals surface area contributed by atoms with Gasteiger partial charge in [-0.2, -0.15) is 12.7 Å². The number of methoxy groups -OCH3 is 1. The molecular weight excluding hydrogens is 250 g/mol. The van der Waals surface area contributed by atoms with E-state index in [1.54, 1.807) is 45.2 Å². The van der Waals surface area contributed by atoms with Gasteiger partial charge in [-0.3, -0.25) is 0 Å². The van der Waals surface area contributed by atoms with E-state index < -0.39 is 10.0 Å². The molecule has 0 saturated heterocycles. The Labute approximate surface area is 109 Å². The summed E-state index contributed by atoms with van der Waals surface area (Å²) in [4.78, 5) is 0. The predicted molar refractivity (Wildman–Crippen MR) is 71.7 cm³/mol. The van der Waals surface area contributed by atoms with Gasteiger partial charge in [-0.05, 0) is 30.2 Å². The number of benzene rings is 1. The third-order valence-corrected chi connectivity index (χ3v) is 4.02. The normalized spacial score (nSPS) is 10.9. The summed E-state index contributed by atoms with van der Waals surface area (Å²) in [6, 6.07) is 6.94. The zero-order valence-electron chi connectivity index (χ0n) is 10.8. The molecule has 0 radical (unpaired) electrons. The molecule has 0 atom stereocenters. The summed E-state index contributed by atoms with van der Waals surface area (Å²) in [6.07, 6.45) is 0. The molecule has 0 aliphatic heterocycles. The standard InChI is InChI=1S/C13H17NO3S/c1-4-14(5-2)18(15,16)11-10-12-6-8-13(17-3)9-7-12/h6-9H,4-5H2,1-3H3. The first-order valence-corrected chi connectivity index (χ1v) is 7.14. The highest BCUT2D eigenvalue weighted by Gasteiger charge is 2.14. The quantitative estimate of drug-likeness (QED) is 0.780. The van der Waals surface area contributed by atoms with Crippen LogP contribution in [0.25, 0.3) is 0 Å². The number of ether oxygens (including phenoxy) is 1. The largest absolute Gasteiger partial charge is 0.497 e. The molecule has 0 N–H and O–H groups in total. The first kappa shape index (κ1) is 14.6. The Balaban J connectivity index is 2.93. The lowest BCUT2D eigenvalue weighted by atomic mass is 10.2. The van der Waals surface area contributed by atoms with Crippen molar-refractivity contribution in [2.24, 2.45) is 0 Å². The Morgan fingerprint density at radius 3 is 2.17 bits per heavy atom. The molecule has 0 spiro atoms. The van der Waals surface area contributed by atoms with E-state index in [9.17, 15) is 8.42 Å². The van der Waals surface area contributed by atoms with Crippen molar-refractivity contribution in [2.45, 2.75) is 13.8 Å². The molecule has 4 nitrogen and oxygen atoms in total. The zero-order chi connectivity index (χ0) is 13.6. The first-order valence-electron chi connectivity index (χ1n) is 5.70. The Morgan fingerprint density at radius 1 is 1.17 bits per heavy atom. The maximum Gasteiger partial charge on any atom is 0.283 e. The second kappa shape index (κ2) is 6.43. The lowest BCUT2D eigenvalue weighted by Gasteiger charge is -2.13. The minimum Gasteiger partial charge on any atom is -0.497 e. The van der Waals surface area contributed by atoms with Gasteiger partial charge in [0.25, 0.3) is 10.0 Å². The van der Waals surface area contributed by atoms with Crippen molar-refractivity contribution < 1.29 is 13.2 Å². The molecule has 1 rings (SSSR count). The number of nitrogens with zero attached hydrogens (tertiary/aromatic N) is 1. The maximum atomic E-state index is 11.8. The molecule has 18 heavy (non-hydrogen) atoms. The Kier molecular flexibility index (Phi) is 5.20. The second-order valence-corrected chi connectivity index (χ2v) is 5.22. The van der Waals surface area contributed by atoms with Crippen LogP contribution in [0, 0.1) is 11.2 Å². The number of hydrogen-bond donors (Lipinski definition) is 0. The van der Waals surface area contributed by atoms with Crippen molar-refractivity contribution >= 4 is 10.0 Å². The molecule has 0 aromatic heterocycles. The van der Waals surface area contributed by atoms with Gasteiger partial charge in [-0.15, -0.1) is 0 Å². The minimum absolute atomic E-state index is 0.427. The predicted octanol–water partition coefficient (Wildman–Crippen LogP) is 1.68. The molecule has 1 aromatic rings. The summed E-state index contributed by atoms with van der Waals surface area (Å²) in [7, 11) is -1.92. The highest BCUT2D eigenvalue weighted by atomic mass is 32.2. The van der Waals surface area contributed by atoms with Gasteiger partial charge in [-0.25, -0.2) is 0 Å². The summed E-state index contributed by atoms with van der Waals surface area (Å²) in [5.41, 5.74) is 0.645. The summed E-state index contributed by atoms with van der Waals surface area (Å²) < 4.78 is 30.0. The van der Waals surface area contributed by atoms with Gasteiger partial charge in [0, 0.05) is 23.9 Å². The molecule has 0 saturated carbocycles. The molecule has 0 unspecified atom stereocenters. The van der Waals surface area contributed by atoms with Crippen LogP contribution in [0.2, 0.25) is 0 Å². The van der Waals surface area contributed by atoms with Crippen molar-refractivity contribution in [2.75, 3.05) is 20.2 Å². The number of sulfonamides is 1. The summed E-state index contributed by atoms with van der Waals surface area (Å²) in [5, 5.41) is 2.32. The summed E-state index contributed by atoms with van der Waals surface area (Å²) in [5.74, 6) is 3.37. The fourth-order valence-corrected chi connectivity index (χ4v) is 2.48. The zero-order valence-corrected chi connectivity index (χ0v) is 11.6. The van der Waals surface area contributed by atoms with Crippen LogP contribution in [0.15, 0.2) is 24.3 Å². The Bertz CT molecular complexity index is 534. The lowest BCUT2D eigenvalue weighted by Crippen LogP contribution is -2.29. The van der Waals surface area contributed by atoms with Crippen LogP contribution >= 0.6 is 0 Å². The van der Waals surface area contributed by atoms with Crippen LogP contribution in [0.1, 0.15) is 19.4 Å². The van der Waals surface area contributed by atoms with Gasteiger partial charge < -0.3 is 4.74 Å². The van der Waals surface area contributed by atoms with Crippen molar-refractivity contribution in [3.8, 4) is 16.9 Å². The van der Waals surface area contributed by atoms with E-state index >= 15 is 0 Å². The molecule has 0 heterocycles. The van der Waals surface area contributed by atoms with Gasteiger partial charge in [0.2, 0.25) is 0 Å². The molecule has 0 aliphatic carbocycles. The SMILES string of the molecule is CCN(CC)S(=O)(=O)C#Cc1ccc(OC)cc1. The van der Waals surface area contributed by atoms with Gasteiger partial charge in [-0.1, -0.05) is 13.8 Å². The Hall–Kier alpha value is -1.51. The molecule has 0 aliphatic rings. The van der Waals surface area contributed by atoms with Crippen molar-refractivity contribution in [1.29, 1.82) is 0 Å². The maximum absolute atomic E-state index is 11.8. The number of hydrogen-bond acceptors (Lipinski definition) is 3. The van der Waals surface area contributed by atoms with E-state index in [1.165, 1.54) is 4.31 Å². The van der Waals surface area contributed by atoms with E-state index in [0.29, 0.717) is 24.4 Å². The first-order chi connectivity index (χ1) is 8.53. The van der Waals surface area contributed by atoms with Crippen molar-refractivity contribution in [3.63, 3.8) is 0 Å². The fraction of sp³-hybridized carbons (Fsp3) is 0.385. The molecular formula is C13H17NO3S. The van der Waals surface area contributed by atoms with Crippen LogP contribution in [0.5, 0.6) is 5.75 Å². The van der Waals surface area contributed by atoms with Crippen LogP contribution in [0.4, 0.5) is 0 Å². The van der Waals surface area contributed by atoms with Crippen molar-refractivity contribution in [3.05, 3.63) is 29.8 Å². The molecule has 1 aromatic carbocycles. The van der Waals surface area contributed by atoms with Crippen LogP contribution in [-0.2, 0) is 10.0 Å². The summed E-state index contributed by atoms with van der Waals surface area (Å²) in [6.45, 7) is 4.43. The molecule has 98 valence electrons. The highest BCUT2D eigenvalue weighted by Crippen LogP contribution is 2.10. The highest BCUT2D eigenvalue weighted by molar-refractivity contribution is 7.93. The number of rotatable bonds is 4. The Morgan fingerprint density at radius 2 is 1.72 bits per heavy atom. The topological polar surface area (TPSA) is 46.6 Å².